The second kappa shape index (κ2) is 5.17. The van der Waals surface area contributed by atoms with Crippen molar-refractivity contribution in [2.24, 2.45) is 0 Å². The van der Waals surface area contributed by atoms with Gasteiger partial charge in [-0.25, -0.2) is 8.42 Å². The number of nitrogens with one attached hydrogen (secondary N) is 1. The number of hydrogen-bond acceptors (Lipinski definition) is 4. The van der Waals surface area contributed by atoms with E-state index in [0.29, 0.717) is 6.04 Å². The van der Waals surface area contributed by atoms with Crippen molar-refractivity contribution in [2.75, 3.05) is 19.3 Å². The molecule has 2 aliphatic rings. The van der Waals surface area contributed by atoms with Crippen molar-refractivity contribution < 1.29 is 13.2 Å². The van der Waals surface area contributed by atoms with Gasteiger partial charge in [0, 0.05) is 24.9 Å². The van der Waals surface area contributed by atoms with Gasteiger partial charge >= 0.3 is 0 Å². The molecule has 6 heteroatoms. The van der Waals surface area contributed by atoms with Crippen molar-refractivity contribution in [2.45, 2.75) is 49.9 Å². The molecular weight excluding hydrogens is 252 g/mol. The molecule has 2 heterocycles. The van der Waals surface area contributed by atoms with Crippen LogP contribution in [0.1, 0.15) is 32.6 Å². The smallest absolute Gasteiger partial charge is 0.238 e. The summed E-state index contributed by atoms with van der Waals surface area (Å²) in [6, 6.07) is 0.538. The maximum absolute atomic E-state index is 11.9. The third-order valence-electron chi connectivity index (χ3n) is 4.20. The molecule has 2 rings (SSSR count). The number of carbonyl (C=O) groups excluding carboxylic acids is 1. The van der Waals surface area contributed by atoms with E-state index < -0.39 is 15.1 Å². The topological polar surface area (TPSA) is 66.5 Å². The molecule has 0 aromatic carbocycles. The zero-order valence-corrected chi connectivity index (χ0v) is 11.9. The van der Waals surface area contributed by atoms with Gasteiger partial charge in [0.15, 0.2) is 9.84 Å². The van der Waals surface area contributed by atoms with Crippen molar-refractivity contribution in [3.63, 3.8) is 0 Å². The monoisotopic (exact) mass is 274 g/mol. The standard InChI is InChI=1S/C12H22N2O3S/c1-9(18(2,16)17)12(15)13-10-6-8-14-7-4-3-5-11(10)14/h9-11H,3-8H2,1-2H3,(H,13,15). The summed E-state index contributed by atoms with van der Waals surface area (Å²) in [5.41, 5.74) is 0. The second-order valence-electron chi connectivity index (χ2n) is 5.47. The lowest BCUT2D eigenvalue weighted by molar-refractivity contribution is -0.121. The molecule has 3 atom stereocenters. The van der Waals surface area contributed by atoms with E-state index in [1.807, 2.05) is 0 Å². The Morgan fingerprint density at radius 1 is 1.28 bits per heavy atom. The van der Waals surface area contributed by atoms with Crippen molar-refractivity contribution in [3.05, 3.63) is 0 Å². The van der Waals surface area contributed by atoms with E-state index in [0.717, 1.165) is 32.2 Å². The van der Waals surface area contributed by atoms with Crippen molar-refractivity contribution in [1.82, 2.24) is 10.2 Å². The molecule has 2 aliphatic heterocycles. The molecule has 1 N–H and O–H groups in total. The summed E-state index contributed by atoms with van der Waals surface area (Å²) in [4.78, 5) is 14.3. The van der Waals surface area contributed by atoms with Gasteiger partial charge in [0.2, 0.25) is 5.91 Å². The van der Waals surface area contributed by atoms with Crippen LogP contribution in [0, 0.1) is 0 Å². The lowest BCUT2D eigenvalue weighted by Crippen LogP contribution is -2.50. The van der Waals surface area contributed by atoms with Crippen molar-refractivity contribution >= 4 is 15.7 Å². The molecule has 0 aliphatic carbocycles. The van der Waals surface area contributed by atoms with E-state index in [9.17, 15) is 13.2 Å². The van der Waals surface area contributed by atoms with Crippen LogP contribution in [0.25, 0.3) is 0 Å². The Hall–Kier alpha value is -0.620. The fourth-order valence-corrected chi connectivity index (χ4v) is 3.37. The Balaban J connectivity index is 1.96. The first-order valence-corrected chi connectivity index (χ1v) is 8.58. The summed E-state index contributed by atoms with van der Waals surface area (Å²) >= 11 is 0. The van der Waals surface area contributed by atoms with E-state index in [1.165, 1.54) is 19.8 Å². The van der Waals surface area contributed by atoms with E-state index in [2.05, 4.69) is 10.2 Å². The Morgan fingerprint density at radius 3 is 2.67 bits per heavy atom. The molecule has 0 spiro atoms. The van der Waals surface area contributed by atoms with Crippen LogP contribution in [-0.4, -0.2) is 55.9 Å². The molecule has 18 heavy (non-hydrogen) atoms. The van der Waals surface area contributed by atoms with E-state index >= 15 is 0 Å². The lowest BCUT2D eigenvalue weighted by atomic mass is 9.99. The van der Waals surface area contributed by atoms with Gasteiger partial charge in [-0.2, -0.15) is 0 Å². The van der Waals surface area contributed by atoms with Gasteiger partial charge in [0.05, 0.1) is 0 Å². The molecule has 104 valence electrons. The first-order chi connectivity index (χ1) is 8.39. The van der Waals surface area contributed by atoms with Crippen LogP contribution in [0.2, 0.25) is 0 Å². The molecule has 1 amide bonds. The van der Waals surface area contributed by atoms with E-state index in [4.69, 9.17) is 0 Å². The quantitative estimate of drug-likeness (QED) is 0.796. The predicted molar refractivity (Wildman–Crippen MR) is 70.1 cm³/mol. The first-order valence-electron chi connectivity index (χ1n) is 6.63. The first kappa shape index (κ1) is 13.8. The van der Waals surface area contributed by atoms with Crippen LogP contribution in [-0.2, 0) is 14.6 Å². The maximum atomic E-state index is 11.9. The lowest BCUT2D eigenvalue weighted by Gasteiger charge is -2.32. The molecule has 3 unspecified atom stereocenters. The molecule has 0 bridgehead atoms. The van der Waals surface area contributed by atoms with Gasteiger partial charge in [-0.15, -0.1) is 0 Å². The highest BCUT2D eigenvalue weighted by atomic mass is 32.2. The van der Waals surface area contributed by atoms with Crippen LogP contribution in [0.15, 0.2) is 0 Å². The number of amides is 1. The number of piperidine rings is 1. The van der Waals surface area contributed by atoms with Gasteiger partial charge < -0.3 is 5.32 Å². The minimum absolute atomic E-state index is 0.127. The summed E-state index contributed by atoms with van der Waals surface area (Å²) < 4.78 is 22.7. The predicted octanol–water partition coefficient (Wildman–Crippen LogP) is 0.163. The summed E-state index contributed by atoms with van der Waals surface area (Å²) in [5.74, 6) is -0.352. The van der Waals surface area contributed by atoms with Crippen LogP contribution in [0.3, 0.4) is 0 Å². The highest BCUT2D eigenvalue weighted by Crippen LogP contribution is 2.27. The average Bonchev–Trinajstić information content (AvgIpc) is 2.70. The molecule has 0 aromatic rings. The SMILES string of the molecule is CC(C(=O)NC1CCN2CCCCC12)S(C)(=O)=O. The van der Waals surface area contributed by atoms with Crippen LogP contribution < -0.4 is 5.32 Å². The summed E-state index contributed by atoms with van der Waals surface area (Å²) in [5, 5.41) is 1.98. The number of fused-ring (bicyclic) bond motifs is 1. The van der Waals surface area contributed by atoms with Gasteiger partial charge in [-0.3, -0.25) is 9.69 Å². The zero-order valence-electron chi connectivity index (χ0n) is 11.1. The summed E-state index contributed by atoms with van der Waals surface area (Å²) in [6.07, 6.45) is 5.59. The van der Waals surface area contributed by atoms with Gasteiger partial charge in [0.25, 0.3) is 0 Å². The fraction of sp³-hybridized carbons (Fsp3) is 0.917. The third-order valence-corrected chi connectivity index (χ3v) is 5.69. The number of hydrogen-bond donors (Lipinski definition) is 1. The largest absolute Gasteiger partial charge is 0.351 e. The van der Waals surface area contributed by atoms with E-state index in [-0.39, 0.29) is 11.9 Å². The van der Waals surface area contributed by atoms with Crippen molar-refractivity contribution in [1.29, 1.82) is 0 Å². The van der Waals surface area contributed by atoms with Crippen LogP contribution >= 0.6 is 0 Å². The van der Waals surface area contributed by atoms with Crippen LogP contribution in [0.5, 0.6) is 0 Å². The Labute approximate surface area is 109 Å². The Morgan fingerprint density at radius 2 is 2.00 bits per heavy atom. The third kappa shape index (κ3) is 2.85. The average molecular weight is 274 g/mol. The summed E-state index contributed by atoms with van der Waals surface area (Å²) in [7, 11) is -3.30. The van der Waals surface area contributed by atoms with Crippen LogP contribution in [0.4, 0.5) is 0 Å². The number of carbonyl (C=O) groups is 1. The molecular formula is C12H22N2O3S. The molecule has 0 aromatic heterocycles. The minimum Gasteiger partial charge on any atom is -0.351 e. The highest BCUT2D eigenvalue weighted by molar-refractivity contribution is 7.92. The molecule has 0 radical (unpaired) electrons. The van der Waals surface area contributed by atoms with E-state index in [1.54, 1.807) is 0 Å². The molecule has 5 nitrogen and oxygen atoms in total. The summed E-state index contributed by atoms with van der Waals surface area (Å²) in [6.45, 7) is 3.58. The Kier molecular flexibility index (Phi) is 3.96. The second-order valence-corrected chi connectivity index (χ2v) is 7.84. The Bertz CT molecular complexity index is 421. The number of rotatable bonds is 3. The number of sulfone groups is 1. The normalized spacial score (nSPS) is 30.8. The molecule has 2 fully saturated rings. The van der Waals surface area contributed by atoms with Crippen molar-refractivity contribution in [3.8, 4) is 0 Å². The zero-order chi connectivity index (χ0) is 13.3. The van der Waals surface area contributed by atoms with Gasteiger partial charge in [-0.05, 0) is 32.7 Å². The van der Waals surface area contributed by atoms with Gasteiger partial charge in [-0.1, -0.05) is 6.42 Å². The molecule has 2 saturated heterocycles. The number of nitrogens with zero attached hydrogens (tertiary/aromatic N) is 1. The minimum atomic E-state index is -3.30. The van der Waals surface area contributed by atoms with Gasteiger partial charge in [0.1, 0.15) is 5.25 Å². The highest BCUT2D eigenvalue weighted by Gasteiger charge is 2.37. The molecule has 0 saturated carbocycles. The fourth-order valence-electron chi connectivity index (χ4n) is 2.91. The maximum Gasteiger partial charge on any atom is 0.238 e.